The van der Waals surface area contributed by atoms with Crippen molar-refractivity contribution in [2.75, 3.05) is 26.7 Å². The maximum absolute atomic E-state index is 6.26. The summed E-state index contributed by atoms with van der Waals surface area (Å²) in [5.41, 5.74) is 6.59. The van der Waals surface area contributed by atoms with E-state index in [1.165, 1.54) is 64.5 Å². The molecule has 2 unspecified atom stereocenters. The van der Waals surface area contributed by atoms with Crippen LogP contribution in [0.5, 0.6) is 0 Å². The average molecular weight is 251 g/mol. The Hall–Kier alpha value is -0.120. The number of fused-ring (bicyclic) bond motifs is 2. The molecule has 3 heterocycles. The van der Waals surface area contributed by atoms with Gasteiger partial charge in [-0.05, 0) is 58.7 Å². The van der Waals surface area contributed by atoms with E-state index in [0.717, 1.165) is 18.6 Å². The summed E-state index contributed by atoms with van der Waals surface area (Å²) in [6.45, 7) is 3.45. The Morgan fingerprint density at radius 2 is 1.56 bits per heavy atom. The zero-order chi connectivity index (χ0) is 12.6. The van der Waals surface area contributed by atoms with Gasteiger partial charge in [-0.25, -0.2) is 0 Å². The minimum Gasteiger partial charge on any atom is -0.329 e. The van der Waals surface area contributed by atoms with Crippen molar-refractivity contribution in [2.24, 2.45) is 5.73 Å². The molecule has 0 radical (unpaired) electrons. The second-order valence-corrected chi connectivity index (χ2v) is 6.79. The van der Waals surface area contributed by atoms with Gasteiger partial charge in [-0.3, -0.25) is 4.90 Å². The lowest BCUT2D eigenvalue weighted by molar-refractivity contribution is 0.00273. The maximum Gasteiger partial charge on any atom is 0.0361 e. The normalized spacial score (nSPS) is 43.0. The number of rotatable bonds is 2. The summed E-state index contributed by atoms with van der Waals surface area (Å²) >= 11 is 0. The van der Waals surface area contributed by atoms with Gasteiger partial charge in [-0.1, -0.05) is 12.8 Å². The highest BCUT2D eigenvalue weighted by atomic mass is 15.3. The minimum atomic E-state index is 0.336. The predicted octanol–water partition coefficient (Wildman–Crippen LogP) is 1.82. The lowest BCUT2D eigenvalue weighted by Crippen LogP contribution is -2.62. The molecule has 2 atom stereocenters. The molecule has 2 N–H and O–H groups in total. The lowest BCUT2D eigenvalue weighted by Gasteiger charge is -2.51. The molecule has 0 aromatic rings. The molecule has 0 spiro atoms. The van der Waals surface area contributed by atoms with Crippen molar-refractivity contribution in [1.29, 1.82) is 0 Å². The van der Waals surface area contributed by atoms with Gasteiger partial charge in [0.2, 0.25) is 0 Å². The van der Waals surface area contributed by atoms with Gasteiger partial charge in [0.15, 0.2) is 0 Å². The molecule has 3 saturated heterocycles. The van der Waals surface area contributed by atoms with Crippen molar-refractivity contribution in [1.82, 2.24) is 9.80 Å². The third-order valence-electron chi connectivity index (χ3n) is 5.87. The van der Waals surface area contributed by atoms with E-state index in [-0.39, 0.29) is 0 Å². The molecule has 3 heteroatoms. The van der Waals surface area contributed by atoms with Gasteiger partial charge in [-0.2, -0.15) is 0 Å². The first-order valence-electron chi connectivity index (χ1n) is 7.92. The fourth-order valence-corrected chi connectivity index (χ4v) is 4.64. The molecule has 3 aliphatic rings. The fraction of sp³-hybridized carbons (Fsp3) is 1.00. The van der Waals surface area contributed by atoms with Crippen LogP contribution in [0.15, 0.2) is 0 Å². The first-order valence-corrected chi connectivity index (χ1v) is 7.92. The molecule has 3 fully saturated rings. The van der Waals surface area contributed by atoms with Crippen LogP contribution in [-0.2, 0) is 0 Å². The summed E-state index contributed by atoms with van der Waals surface area (Å²) in [4.78, 5) is 5.41. The minimum absolute atomic E-state index is 0.336. The second-order valence-electron chi connectivity index (χ2n) is 6.79. The molecule has 0 aromatic heterocycles. The number of likely N-dealkylation sites (tertiary alicyclic amines) is 1. The molecule has 0 aromatic carbocycles. The molecule has 3 rings (SSSR count). The lowest BCUT2D eigenvalue weighted by atomic mass is 9.81. The smallest absolute Gasteiger partial charge is 0.0361 e. The van der Waals surface area contributed by atoms with E-state index in [4.69, 9.17) is 5.73 Å². The van der Waals surface area contributed by atoms with Crippen LogP contribution >= 0.6 is 0 Å². The monoisotopic (exact) mass is 251 g/mol. The molecule has 3 nitrogen and oxygen atoms in total. The third kappa shape index (κ3) is 2.10. The number of hydrogen-bond donors (Lipinski definition) is 1. The highest BCUT2D eigenvalue weighted by molar-refractivity contribution is 5.06. The van der Waals surface area contributed by atoms with Crippen LogP contribution in [0.4, 0.5) is 0 Å². The second kappa shape index (κ2) is 5.10. The maximum atomic E-state index is 6.26. The van der Waals surface area contributed by atoms with Crippen LogP contribution < -0.4 is 5.73 Å². The number of hydrogen-bond acceptors (Lipinski definition) is 3. The molecular formula is C15H29N3. The quantitative estimate of drug-likeness (QED) is 0.812. The summed E-state index contributed by atoms with van der Waals surface area (Å²) in [5, 5.41) is 0. The van der Waals surface area contributed by atoms with Crippen LogP contribution in [0.1, 0.15) is 51.4 Å². The van der Waals surface area contributed by atoms with Gasteiger partial charge in [0.25, 0.3) is 0 Å². The van der Waals surface area contributed by atoms with Gasteiger partial charge >= 0.3 is 0 Å². The van der Waals surface area contributed by atoms with Crippen LogP contribution in [0.25, 0.3) is 0 Å². The summed E-state index contributed by atoms with van der Waals surface area (Å²) in [7, 11) is 2.32. The largest absolute Gasteiger partial charge is 0.329 e. The molecule has 0 saturated carbocycles. The van der Waals surface area contributed by atoms with Gasteiger partial charge in [-0.15, -0.1) is 0 Å². The van der Waals surface area contributed by atoms with Crippen molar-refractivity contribution in [3.63, 3.8) is 0 Å². The zero-order valence-electron chi connectivity index (χ0n) is 11.9. The van der Waals surface area contributed by atoms with Crippen LogP contribution in [0, 0.1) is 0 Å². The van der Waals surface area contributed by atoms with E-state index in [1.54, 1.807) is 0 Å². The van der Waals surface area contributed by atoms with E-state index in [9.17, 15) is 0 Å². The molecule has 0 amide bonds. The Morgan fingerprint density at radius 3 is 2.06 bits per heavy atom. The highest BCUT2D eigenvalue weighted by Crippen LogP contribution is 2.42. The summed E-state index contributed by atoms with van der Waals surface area (Å²) < 4.78 is 0. The Bertz CT molecular complexity index is 269. The Labute approximate surface area is 112 Å². The first-order chi connectivity index (χ1) is 8.75. The number of nitrogens with zero attached hydrogens (tertiary/aromatic N) is 2. The number of piperidine rings is 1. The van der Waals surface area contributed by atoms with Gasteiger partial charge in [0.1, 0.15) is 0 Å². The predicted molar refractivity (Wildman–Crippen MR) is 75.6 cm³/mol. The number of nitrogens with two attached hydrogens (primary N) is 1. The van der Waals surface area contributed by atoms with E-state index in [1.807, 2.05) is 0 Å². The Morgan fingerprint density at radius 1 is 1.00 bits per heavy atom. The summed E-state index contributed by atoms with van der Waals surface area (Å²) in [5.74, 6) is 0. The molecule has 0 aliphatic carbocycles. The van der Waals surface area contributed by atoms with Crippen LogP contribution in [0.2, 0.25) is 0 Å². The third-order valence-corrected chi connectivity index (χ3v) is 5.87. The van der Waals surface area contributed by atoms with E-state index < -0.39 is 0 Å². The average Bonchev–Trinajstić information content (AvgIpc) is 2.67. The standard InChI is InChI=1S/C15H29N3/c1-17-13-6-7-14(17)11-15(10-13,12-16)18-8-4-2-3-5-9-18/h13-14H,2-12,16H2,1H3. The molecule has 2 bridgehead atoms. The van der Waals surface area contributed by atoms with Gasteiger partial charge < -0.3 is 10.6 Å². The van der Waals surface area contributed by atoms with Crippen molar-refractivity contribution in [3.05, 3.63) is 0 Å². The molecule has 18 heavy (non-hydrogen) atoms. The molecule has 104 valence electrons. The highest BCUT2D eigenvalue weighted by Gasteiger charge is 2.48. The molecular weight excluding hydrogens is 222 g/mol. The molecule has 3 aliphatic heterocycles. The summed E-state index contributed by atoms with van der Waals surface area (Å²) in [6, 6.07) is 1.60. The van der Waals surface area contributed by atoms with Gasteiger partial charge in [0, 0.05) is 24.2 Å². The Kier molecular flexibility index (Phi) is 3.65. The summed E-state index contributed by atoms with van der Waals surface area (Å²) in [6.07, 6.45) is 11.0. The SMILES string of the molecule is CN1C2CCC1CC(CN)(N1CCCCCC1)C2. The van der Waals surface area contributed by atoms with Crippen LogP contribution in [-0.4, -0.2) is 54.1 Å². The van der Waals surface area contributed by atoms with Crippen LogP contribution in [0.3, 0.4) is 0 Å². The Balaban J connectivity index is 1.77. The first kappa shape index (κ1) is 12.9. The topological polar surface area (TPSA) is 32.5 Å². The van der Waals surface area contributed by atoms with Crippen molar-refractivity contribution < 1.29 is 0 Å². The van der Waals surface area contributed by atoms with E-state index >= 15 is 0 Å². The van der Waals surface area contributed by atoms with Gasteiger partial charge in [0.05, 0.1) is 0 Å². The van der Waals surface area contributed by atoms with Crippen molar-refractivity contribution in [3.8, 4) is 0 Å². The van der Waals surface area contributed by atoms with Crippen molar-refractivity contribution in [2.45, 2.75) is 69.0 Å². The fourth-order valence-electron chi connectivity index (χ4n) is 4.64. The zero-order valence-corrected chi connectivity index (χ0v) is 11.9. The van der Waals surface area contributed by atoms with E-state index in [0.29, 0.717) is 5.54 Å². The van der Waals surface area contributed by atoms with Crippen molar-refractivity contribution >= 4 is 0 Å². The van der Waals surface area contributed by atoms with E-state index in [2.05, 4.69) is 16.8 Å².